The molecule has 0 aliphatic heterocycles. The Morgan fingerprint density at radius 2 is 1.52 bits per heavy atom. The van der Waals surface area contributed by atoms with Crippen LogP contribution in [-0.2, 0) is 0 Å². The number of benzene rings is 3. The van der Waals surface area contributed by atoms with Gasteiger partial charge in [0, 0.05) is 21.3 Å². The third-order valence-electron chi connectivity index (χ3n) is 4.38. The van der Waals surface area contributed by atoms with Gasteiger partial charge >= 0.3 is 0 Å². The number of methoxy groups -OCH3 is 1. The van der Waals surface area contributed by atoms with Gasteiger partial charge in [-0.25, -0.2) is 0 Å². The van der Waals surface area contributed by atoms with Gasteiger partial charge in [-0.3, -0.25) is 25.2 Å². The van der Waals surface area contributed by atoms with Crippen molar-refractivity contribution in [2.75, 3.05) is 12.4 Å². The van der Waals surface area contributed by atoms with Crippen LogP contribution in [0.1, 0.15) is 36.6 Å². The summed E-state index contributed by atoms with van der Waals surface area (Å²) in [5.74, 6) is -0.882. The second kappa shape index (κ2) is 9.90. The van der Waals surface area contributed by atoms with Gasteiger partial charge < -0.3 is 10.1 Å². The first-order valence-electron chi connectivity index (χ1n) is 9.29. The van der Waals surface area contributed by atoms with Crippen LogP contribution < -0.4 is 20.9 Å². The van der Waals surface area contributed by atoms with E-state index < -0.39 is 11.8 Å². The molecule has 8 heteroatoms. The number of hydrogen-bond acceptors (Lipinski definition) is 4. The molecule has 3 aromatic rings. The number of carbonyl (C=O) groups is 3. The number of hydrazine groups is 1. The highest BCUT2D eigenvalue weighted by atomic mass is 79.9. The fraction of sp³-hybridized carbons (Fsp3) is 0.0870. The van der Waals surface area contributed by atoms with Crippen molar-refractivity contribution in [1.29, 1.82) is 0 Å². The van der Waals surface area contributed by atoms with E-state index in [1.807, 2.05) is 19.1 Å². The summed E-state index contributed by atoms with van der Waals surface area (Å²) in [6.45, 7) is 1.91. The van der Waals surface area contributed by atoms with Crippen LogP contribution in [0, 0.1) is 6.92 Å². The monoisotopic (exact) mass is 481 g/mol. The summed E-state index contributed by atoms with van der Waals surface area (Å²) in [6.07, 6.45) is 0. The molecule has 0 saturated carbocycles. The Morgan fingerprint density at radius 1 is 0.806 bits per heavy atom. The van der Waals surface area contributed by atoms with Crippen LogP contribution in [0.3, 0.4) is 0 Å². The average Bonchev–Trinajstić information content (AvgIpc) is 2.77. The summed E-state index contributed by atoms with van der Waals surface area (Å²) in [5, 5.41) is 2.78. The van der Waals surface area contributed by atoms with E-state index in [0.717, 1.165) is 5.56 Å². The fourth-order valence-corrected chi connectivity index (χ4v) is 3.17. The first-order chi connectivity index (χ1) is 14.9. The van der Waals surface area contributed by atoms with Gasteiger partial charge in [0.2, 0.25) is 0 Å². The van der Waals surface area contributed by atoms with E-state index in [4.69, 9.17) is 4.74 Å². The number of anilines is 1. The van der Waals surface area contributed by atoms with Crippen LogP contribution in [0.25, 0.3) is 0 Å². The molecule has 7 nitrogen and oxygen atoms in total. The van der Waals surface area contributed by atoms with Crippen LogP contribution in [-0.4, -0.2) is 24.8 Å². The first-order valence-corrected chi connectivity index (χ1v) is 10.1. The molecule has 3 N–H and O–H groups in total. The number of hydrogen-bond donors (Lipinski definition) is 3. The zero-order chi connectivity index (χ0) is 22.4. The fourth-order valence-electron chi connectivity index (χ4n) is 2.81. The van der Waals surface area contributed by atoms with Crippen molar-refractivity contribution in [3.63, 3.8) is 0 Å². The smallest absolute Gasteiger partial charge is 0.273 e. The second-order valence-electron chi connectivity index (χ2n) is 6.65. The van der Waals surface area contributed by atoms with Gasteiger partial charge in [-0.1, -0.05) is 33.6 Å². The average molecular weight is 482 g/mol. The molecule has 158 valence electrons. The Bertz CT molecular complexity index is 1130. The van der Waals surface area contributed by atoms with Gasteiger partial charge in [0.05, 0.1) is 12.7 Å². The van der Waals surface area contributed by atoms with Crippen LogP contribution in [0.2, 0.25) is 0 Å². The lowest BCUT2D eigenvalue weighted by Gasteiger charge is -2.11. The SMILES string of the molecule is COc1ccc(Br)cc1C(=O)NNC(=O)c1ccc(NC(=O)c2cccc(C)c2)cc1. The number of rotatable bonds is 5. The lowest BCUT2D eigenvalue weighted by molar-refractivity contribution is 0.0845. The Balaban J connectivity index is 1.60. The van der Waals surface area contributed by atoms with Gasteiger partial charge in [-0.05, 0) is 61.5 Å². The van der Waals surface area contributed by atoms with Crippen molar-refractivity contribution in [1.82, 2.24) is 10.9 Å². The van der Waals surface area contributed by atoms with Crippen LogP contribution >= 0.6 is 15.9 Å². The van der Waals surface area contributed by atoms with Crippen molar-refractivity contribution in [3.8, 4) is 5.75 Å². The van der Waals surface area contributed by atoms with Gasteiger partial charge in [-0.2, -0.15) is 0 Å². The zero-order valence-electron chi connectivity index (χ0n) is 16.9. The minimum absolute atomic E-state index is 0.240. The summed E-state index contributed by atoms with van der Waals surface area (Å²) < 4.78 is 5.87. The lowest BCUT2D eigenvalue weighted by atomic mass is 10.1. The van der Waals surface area contributed by atoms with Gasteiger partial charge in [-0.15, -0.1) is 0 Å². The molecule has 3 rings (SSSR count). The second-order valence-corrected chi connectivity index (χ2v) is 7.57. The molecule has 0 heterocycles. The summed E-state index contributed by atoms with van der Waals surface area (Å²) in [6, 6.07) is 18.5. The molecule has 0 unspecified atom stereocenters. The molecule has 3 amide bonds. The number of nitrogens with one attached hydrogen (secondary N) is 3. The quantitative estimate of drug-likeness (QED) is 0.478. The number of aryl methyl sites for hydroxylation is 1. The van der Waals surface area contributed by atoms with Crippen molar-refractivity contribution < 1.29 is 19.1 Å². The summed E-state index contributed by atoms with van der Waals surface area (Å²) in [7, 11) is 1.46. The van der Waals surface area contributed by atoms with Crippen LogP contribution in [0.5, 0.6) is 5.75 Å². The summed E-state index contributed by atoms with van der Waals surface area (Å²) in [4.78, 5) is 37.0. The largest absolute Gasteiger partial charge is 0.496 e. The van der Waals surface area contributed by atoms with Crippen molar-refractivity contribution in [2.24, 2.45) is 0 Å². The van der Waals surface area contributed by atoms with Crippen molar-refractivity contribution in [3.05, 3.63) is 93.5 Å². The molecule has 0 bridgehead atoms. The number of carbonyl (C=O) groups excluding carboxylic acids is 3. The predicted octanol–water partition coefficient (Wildman–Crippen LogP) is 4.09. The molecule has 0 saturated heterocycles. The third-order valence-corrected chi connectivity index (χ3v) is 4.87. The molecule has 31 heavy (non-hydrogen) atoms. The minimum atomic E-state index is -0.520. The zero-order valence-corrected chi connectivity index (χ0v) is 18.4. The van der Waals surface area contributed by atoms with E-state index >= 15 is 0 Å². The van der Waals surface area contributed by atoms with Crippen LogP contribution in [0.15, 0.2) is 71.2 Å². The minimum Gasteiger partial charge on any atom is -0.496 e. The standard InChI is InChI=1S/C23H20BrN3O4/c1-14-4-3-5-16(12-14)21(28)25-18-9-6-15(7-10-18)22(29)26-27-23(30)19-13-17(24)8-11-20(19)31-2/h3-13H,1-2H3,(H,25,28)(H,26,29)(H,27,30). The van der Waals surface area contributed by atoms with Gasteiger partial charge in [0.15, 0.2) is 0 Å². The normalized spacial score (nSPS) is 10.2. The van der Waals surface area contributed by atoms with Gasteiger partial charge in [0.1, 0.15) is 5.75 Å². The molecule has 0 aliphatic carbocycles. The molecule has 0 fully saturated rings. The van der Waals surface area contributed by atoms with Crippen molar-refractivity contribution >= 4 is 39.3 Å². The molecule has 3 aromatic carbocycles. The van der Waals surface area contributed by atoms with Crippen molar-refractivity contribution in [2.45, 2.75) is 6.92 Å². The summed E-state index contributed by atoms with van der Waals surface area (Å²) >= 11 is 3.30. The first kappa shape index (κ1) is 22.0. The molecule has 0 spiro atoms. The van der Waals surface area contributed by atoms with E-state index in [9.17, 15) is 14.4 Å². The topological polar surface area (TPSA) is 96.5 Å². The highest BCUT2D eigenvalue weighted by molar-refractivity contribution is 9.10. The maximum Gasteiger partial charge on any atom is 0.273 e. The Labute approximate surface area is 187 Å². The molecular weight excluding hydrogens is 462 g/mol. The maximum atomic E-state index is 12.4. The lowest BCUT2D eigenvalue weighted by Crippen LogP contribution is -2.41. The van der Waals surface area contributed by atoms with E-state index in [0.29, 0.717) is 27.0 Å². The highest BCUT2D eigenvalue weighted by Gasteiger charge is 2.14. The maximum absolute atomic E-state index is 12.4. The molecule has 0 aliphatic rings. The van der Waals surface area contributed by atoms with E-state index in [2.05, 4.69) is 32.1 Å². The Hall–Kier alpha value is -3.65. The number of halogens is 1. The molecule has 0 atom stereocenters. The Kier molecular flexibility index (Phi) is 7.04. The predicted molar refractivity (Wildman–Crippen MR) is 121 cm³/mol. The van der Waals surface area contributed by atoms with E-state index in [1.165, 1.54) is 7.11 Å². The number of ether oxygens (including phenoxy) is 1. The Morgan fingerprint density at radius 3 is 2.19 bits per heavy atom. The third kappa shape index (κ3) is 5.70. The summed E-state index contributed by atoms with van der Waals surface area (Å²) in [5.41, 5.74) is 7.40. The molecule has 0 radical (unpaired) electrons. The molecule has 0 aromatic heterocycles. The van der Waals surface area contributed by atoms with Crippen LogP contribution in [0.4, 0.5) is 5.69 Å². The van der Waals surface area contributed by atoms with E-state index in [-0.39, 0.29) is 11.5 Å². The highest BCUT2D eigenvalue weighted by Crippen LogP contribution is 2.22. The van der Waals surface area contributed by atoms with E-state index in [1.54, 1.807) is 54.6 Å². The number of amides is 3. The van der Waals surface area contributed by atoms with Gasteiger partial charge in [0.25, 0.3) is 17.7 Å². The molecular formula is C23H20BrN3O4.